The molecule has 0 aromatic heterocycles. The van der Waals surface area contributed by atoms with Gasteiger partial charge in [-0.2, -0.15) is 0 Å². The van der Waals surface area contributed by atoms with Crippen molar-refractivity contribution in [3.8, 4) is 0 Å². The smallest absolute Gasteiger partial charge is 0.411 e. The van der Waals surface area contributed by atoms with Crippen LogP contribution in [0.25, 0.3) is 0 Å². The second-order valence-corrected chi connectivity index (χ2v) is 7.61. The number of benzene rings is 2. The van der Waals surface area contributed by atoms with Crippen LogP contribution in [0.2, 0.25) is 0 Å². The van der Waals surface area contributed by atoms with Crippen molar-refractivity contribution in [3.05, 3.63) is 64.4 Å². The summed E-state index contributed by atoms with van der Waals surface area (Å²) in [4.78, 5) is 26.8. The minimum atomic E-state index is -1.23. The summed E-state index contributed by atoms with van der Waals surface area (Å²) >= 11 is 0. The van der Waals surface area contributed by atoms with Gasteiger partial charge in [0.15, 0.2) is 0 Å². The van der Waals surface area contributed by atoms with Crippen LogP contribution in [-0.4, -0.2) is 22.5 Å². The van der Waals surface area contributed by atoms with E-state index in [1.54, 1.807) is 32.3 Å². The quantitative estimate of drug-likeness (QED) is 0.744. The average molecular weight is 404 g/mol. The third-order valence-corrected chi connectivity index (χ3v) is 4.30. The molecule has 7 nitrogen and oxygen atoms in total. The molecule has 1 unspecified atom stereocenters. The average Bonchev–Trinajstić information content (AvgIpc) is 3.02. The number of rotatable bonds is 3. The maximum atomic E-state index is 14.0. The molecule has 154 valence electrons. The first-order chi connectivity index (χ1) is 13.6. The van der Waals surface area contributed by atoms with E-state index in [-0.39, 0.29) is 12.2 Å². The third-order valence-electron chi connectivity index (χ3n) is 4.30. The van der Waals surface area contributed by atoms with E-state index < -0.39 is 41.0 Å². The SMILES string of the molecule is CC(C)(C)OC(=O)N1Cc2ccc(N[O-])cc2C1C(=O)Nc1c(F)cccc1F. The number of anilines is 2. The minimum absolute atomic E-state index is 0.0429. The van der Waals surface area contributed by atoms with Gasteiger partial charge in [-0.05, 0) is 56.2 Å². The van der Waals surface area contributed by atoms with E-state index in [4.69, 9.17) is 4.74 Å². The fraction of sp³-hybridized carbons (Fsp3) is 0.300. The van der Waals surface area contributed by atoms with Crippen molar-refractivity contribution in [1.29, 1.82) is 0 Å². The van der Waals surface area contributed by atoms with E-state index >= 15 is 0 Å². The van der Waals surface area contributed by atoms with Crippen LogP contribution >= 0.6 is 0 Å². The van der Waals surface area contributed by atoms with Gasteiger partial charge in [0.1, 0.15) is 29.0 Å². The Morgan fingerprint density at radius 1 is 1.17 bits per heavy atom. The number of halogens is 2. The van der Waals surface area contributed by atoms with Gasteiger partial charge in [-0.3, -0.25) is 9.69 Å². The van der Waals surface area contributed by atoms with Crippen molar-refractivity contribution in [3.63, 3.8) is 0 Å². The molecule has 0 saturated carbocycles. The Hall–Kier alpha value is -3.20. The summed E-state index contributed by atoms with van der Waals surface area (Å²) in [5.41, 5.74) is 1.47. The fourth-order valence-electron chi connectivity index (χ4n) is 3.08. The van der Waals surface area contributed by atoms with Crippen molar-refractivity contribution < 1.29 is 23.1 Å². The molecule has 0 aliphatic carbocycles. The molecule has 29 heavy (non-hydrogen) atoms. The molecule has 2 aromatic carbocycles. The standard InChI is InChI=1S/C20H20F2N3O4/c1-20(2,3)29-19(27)25-10-11-7-8-12(24-28)9-13(11)17(25)18(26)23-16-14(21)5-4-6-15(16)22/h4-9,17,24H,10H2,1-3H3,(H,23,26)/q-1. The molecular weight excluding hydrogens is 384 g/mol. The first-order valence-electron chi connectivity index (χ1n) is 8.86. The zero-order chi connectivity index (χ0) is 21.3. The largest absolute Gasteiger partial charge is 0.761 e. The number of hydrogen-bond acceptors (Lipinski definition) is 5. The Morgan fingerprint density at radius 2 is 1.83 bits per heavy atom. The van der Waals surface area contributed by atoms with Gasteiger partial charge in [0.05, 0.1) is 6.54 Å². The maximum Gasteiger partial charge on any atom is 0.411 e. The predicted octanol–water partition coefficient (Wildman–Crippen LogP) is 4.31. The second kappa shape index (κ2) is 7.67. The number of fused-ring (bicyclic) bond motifs is 1. The van der Waals surface area contributed by atoms with E-state index in [2.05, 4.69) is 5.32 Å². The van der Waals surface area contributed by atoms with Crippen molar-refractivity contribution in [2.24, 2.45) is 0 Å². The third kappa shape index (κ3) is 4.29. The van der Waals surface area contributed by atoms with Gasteiger partial charge in [-0.15, -0.1) is 0 Å². The summed E-state index contributed by atoms with van der Waals surface area (Å²) in [5.74, 6) is -2.73. The van der Waals surface area contributed by atoms with Crippen LogP contribution < -0.4 is 10.8 Å². The van der Waals surface area contributed by atoms with E-state index in [0.717, 1.165) is 17.0 Å². The van der Waals surface area contributed by atoms with Crippen LogP contribution in [0.1, 0.15) is 37.9 Å². The number of carbonyl (C=O) groups excluding carboxylic acids is 2. The first-order valence-corrected chi connectivity index (χ1v) is 8.86. The molecule has 3 rings (SSSR count). The highest BCUT2D eigenvalue weighted by Gasteiger charge is 2.41. The zero-order valence-electron chi connectivity index (χ0n) is 16.1. The van der Waals surface area contributed by atoms with Crippen molar-refractivity contribution >= 4 is 23.4 Å². The highest BCUT2D eigenvalue weighted by Crippen LogP contribution is 2.37. The number of carbonyl (C=O) groups is 2. The number of nitrogens with one attached hydrogen (secondary N) is 2. The van der Waals surface area contributed by atoms with Crippen molar-refractivity contribution in [2.75, 3.05) is 10.8 Å². The molecule has 2 aromatic rings. The Balaban J connectivity index is 1.98. The summed E-state index contributed by atoms with van der Waals surface area (Å²) < 4.78 is 33.3. The maximum absolute atomic E-state index is 14.0. The molecule has 0 bridgehead atoms. The molecule has 2 N–H and O–H groups in total. The van der Waals surface area contributed by atoms with Gasteiger partial charge in [-0.25, -0.2) is 13.6 Å². The lowest BCUT2D eigenvalue weighted by Gasteiger charge is -2.28. The van der Waals surface area contributed by atoms with Crippen LogP contribution in [0.15, 0.2) is 36.4 Å². The van der Waals surface area contributed by atoms with Gasteiger partial charge >= 0.3 is 6.09 Å². The fourth-order valence-corrected chi connectivity index (χ4v) is 3.08. The lowest BCUT2D eigenvalue weighted by Crippen LogP contribution is -2.40. The second-order valence-electron chi connectivity index (χ2n) is 7.61. The molecular formula is C20H20F2N3O4-. The number of amides is 2. The highest BCUT2D eigenvalue weighted by molar-refractivity contribution is 5.98. The van der Waals surface area contributed by atoms with E-state index in [0.29, 0.717) is 11.1 Å². The molecule has 0 spiro atoms. The van der Waals surface area contributed by atoms with Crippen LogP contribution in [0.4, 0.5) is 25.0 Å². The molecule has 9 heteroatoms. The molecule has 1 heterocycles. The number of para-hydroxylation sites is 1. The summed E-state index contributed by atoms with van der Waals surface area (Å²) in [6.45, 7) is 5.08. The molecule has 0 radical (unpaired) electrons. The summed E-state index contributed by atoms with van der Waals surface area (Å²) in [7, 11) is 0. The Kier molecular flexibility index (Phi) is 5.43. The molecule has 1 aliphatic rings. The van der Waals surface area contributed by atoms with E-state index in [1.807, 2.05) is 0 Å². The molecule has 2 amide bonds. The summed E-state index contributed by atoms with van der Waals surface area (Å²) in [6, 6.07) is 6.49. The van der Waals surface area contributed by atoms with E-state index in [9.17, 15) is 23.6 Å². The minimum Gasteiger partial charge on any atom is -0.761 e. The topological polar surface area (TPSA) is 93.7 Å². The van der Waals surface area contributed by atoms with Gasteiger partial charge in [0, 0.05) is 5.69 Å². The Morgan fingerprint density at radius 3 is 2.41 bits per heavy atom. The first kappa shape index (κ1) is 20.5. The predicted molar refractivity (Wildman–Crippen MR) is 103 cm³/mol. The van der Waals surface area contributed by atoms with Crippen molar-refractivity contribution in [1.82, 2.24) is 4.90 Å². The Bertz CT molecular complexity index is 939. The zero-order valence-corrected chi connectivity index (χ0v) is 16.1. The lowest BCUT2D eigenvalue weighted by molar-refractivity contribution is -0.121. The monoisotopic (exact) mass is 404 g/mol. The van der Waals surface area contributed by atoms with Gasteiger partial charge < -0.3 is 20.7 Å². The van der Waals surface area contributed by atoms with Crippen molar-refractivity contribution in [2.45, 2.75) is 39.0 Å². The number of nitrogens with zero attached hydrogens (tertiary/aromatic N) is 1. The molecule has 1 aliphatic heterocycles. The van der Waals surface area contributed by atoms with E-state index in [1.165, 1.54) is 18.2 Å². The molecule has 1 atom stereocenters. The Labute approximate surface area is 166 Å². The number of hydrogen-bond donors (Lipinski definition) is 2. The van der Waals surface area contributed by atoms with Gasteiger partial charge in [0.25, 0.3) is 5.91 Å². The van der Waals surface area contributed by atoms with Gasteiger partial charge in [-0.1, -0.05) is 12.1 Å². The molecule has 0 saturated heterocycles. The number of ether oxygens (including phenoxy) is 1. The summed E-state index contributed by atoms with van der Waals surface area (Å²) in [5, 5.41) is 13.2. The normalized spacial score (nSPS) is 15.7. The van der Waals surface area contributed by atoms with Gasteiger partial charge in [0.2, 0.25) is 0 Å². The van der Waals surface area contributed by atoms with Crippen LogP contribution in [0, 0.1) is 16.8 Å². The highest BCUT2D eigenvalue weighted by atomic mass is 19.1. The van der Waals surface area contributed by atoms with Crippen LogP contribution in [0.3, 0.4) is 0 Å². The summed E-state index contributed by atoms with van der Waals surface area (Å²) in [6.07, 6.45) is -0.764. The van der Waals surface area contributed by atoms with Crippen LogP contribution in [-0.2, 0) is 16.1 Å². The van der Waals surface area contributed by atoms with Crippen LogP contribution in [0.5, 0.6) is 0 Å². The lowest BCUT2D eigenvalue weighted by atomic mass is 10.0. The molecule has 0 fully saturated rings.